The Bertz CT molecular complexity index is 1140. The van der Waals surface area contributed by atoms with Crippen molar-refractivity contribution in [1.29, 1.82) is 0 Å². The average molecular weight is 392 g/mol. The minimum atomic E-state index is -0.321. The largest absolute Gasteiger partial charge is 0.494 e. The lowest BCUT2D eigenvalue weighted by Gasteiger charge is -2.12. The number of carbonyl (C=O) groups is 1. The van der Waals surface area contributed by atoms with Crippen LogP contribution in [-0.4, -0.2) is 32.7 Å². The molecular formula is C21H20N4O2S. The number of aromatic amines is 1. The van der Waals surface area contributed by atoms with Crippen LogP contribution >= 0.6 is 11.8 Å². The molecule has 2 aromatic carbocycles. The number of imidazole rings is 1. The summed E-state index contributed by atoms with van der Waals surface area (Å²) in [6.45, 7) is 4.43. The van der Waals surface area contributed by atoms with Crippen LogP contribution in [0.3, 0.4) is 0 Å². The predicted octanol–water partition coefficient (Wildman–Crippen LogP) is 4.63. The minimum absolute atomic E-state index is 0.0863. The van der Waals surface area contributed by atoms with Gasteiger partial charge in [0.15, 0.2) is 5.16 Å². The highest BCUT2D eigenvalue weighted by Crippen LogP contribution is 2.27. The van der Waals surface area contributed by atoms with Crippen LogP contribution in [0.5, 0.6) is 5.75 Å². The van der Waals surface area contributed by atoms with Crippen molar-refractivity contribution in [2.45, 2.75) is 24.3 Å². The van der Waals surface area contributed by atoms with E-state index < -0.39 is 0 Å². The molecule has 0 bridgehead atoms. The van der Waals surface area contributed by atoms with E-state index in [0.717, 1.165) is 33.4 Å². The highest BCUT2D eigenvalue weighted by Gasteiger charge is 2.18. The molecule has 2 heterocycles. The summed E-state index contributed by atoms with van der Waals surface area (Å²) < 4.78 is 5.52. The van der Waals surface area contributed by atoms with E-state index in [0.29, 0.717) is 11.8 Å². The third kappa shape index (κ3) is 3.80. The summed E-state index contributed by atoms with van der Waals surface area (Å²) in [5.74, 6) is 0.711. The van der Waals surface area contributed by atoms with E-state index in [9.17, 15) is 4.79 Å². The molecule has 1 unspecified atom stereocenters. The summed E-state index contributed by atoms with van der Waals surface area (Å²) in [4.78, 5) is 24.8. The molecule has 4 rings (SSSR count). The van der Waals surface area contributed by atoms with Gasteiger partial charge in [-0.1, -0.05) is 17.8 Å². The summed E-state index contributed by atoms with van der Waals surface area (Å²) in [5.41, 5.74) is 3.34. The van der Waals surface area contributed by atoms with Crippen molar-refractivity contribution in [1.82, 2.24) is 15.0 Å². The number of pyridine rings is 1. The van der Waals surface area contributed by atoms with Gasteiger partial charge in [0.2, 0.25) is 5.91 Å². The standard InChI is InChI=1S/C21H20N4O2S/c1-3-27-14-9-10-18-19(12-14)25-21(24-18)28-13(2)20(26)23-17-8-4-7-16-15(17)6-5-11-22-16/h4-13H,3H2,1-2H3,(H,23,26)(H,24,25). The van der Waals surface area contributed by atoms with Gasteiger partial charge in [0.05, 0.1) is 34.1 Å². The smallest absolute Gasteiger partial charge is 0.237 e. The van der Waals surface area contributed by atoms with Gasteiger partial charge in [0.1, 0.15) is 5.75 Å². The first kappa shape index (κ1) is 18.3. The second-order valence-corrected chi connectivity index (χ2v) is 7.61. The molecule has 0 aliphatic heterocycles. The Labute approximate surface area is 166 Å². The summed E-state index contributed by atoms with van der Waals surface area (Å²) in [6.07, 6.45) is 1.74. The number of amides is 1. The van der Waals surface area contributed by atoms with Crippen molar-refractivity contribution >= 4 is 45.3 Å². The van der Waals surface area contributed by atoms with E-state index in [4.69, 9.17) is 4.74 Å². The van der Waals surface area contributed by atoms with E-state index in [-0.39, 0.29) is 11.2 Å². The van der Waals surface area contributed by atoms with Crippen molar-refractivity contribution in [3.63, 3.8) is 0 Å². The molecule has 1 atom stereocenters. The number of thioether (sulfide) groups is 1. The third-order valence-corrected chi connectivity index (χ3v) is 5.29. The summed E-state index contributed by atoms with van der Waals surface area (Å²) in [6, 6.07) is 15.2. The molecule has 2 N–H and O–H groups in total. The summed E-state index contributed by atoms with van der Waals surface area (Å²) in [5, 5.41) is 4.30. The molecule has 1 amide bonds. The van der Waals surface area contributed by atoms with E-state index in [1.165, 1.54) is 11.8 Å². The number of carbonyl (C=O) groups excluding carboxylic acids is 1. The van der Waals surface area contributed by atoms with Crippen LogP contribution in [0, 0.1) is 0 Å². The number of nitrogens with one attached hydrogen (secondary N) is 2. The highest BCUT2D eigenvalue weighted by molar-refractivity contribution is 8.00. The van der Waals surface area contributed by atoms with Gasteiger partial charge in [-0.25, -0.2) is 4.98 Å². The Morgan fingerprint density at radius 2 is 2.11 bits per heavy atom. The Morgan fingerprint density at radius 1 is 1.21 bits per heavy atom. The third-order valence-electron chi connectivity index (χ3n) is 4.30. The molecule has 7 heteroatoms. The fourth-order valence-corrected chi connectivity index (χ4v) is 3.77. The molecule has 6 nitrogen and oxygen atoms in total. The Morgan fingerprint density at radius 3 is 2.96 bits per heavy atom. The second-order valence-electron chi connectivity index (χ2n) is 6.28. The molecule has 4 aromatic rings. The fourth-order valence-electron chi connectivity index (χ4n) is 2.95. The van der Waals surface area contributed by atoms with Gasteiger partial charge >= 0.3 is 0 Å². The average Bonchev–Trinajstić information content (AvgIpc) is 3.10. The van der Waals surface area contributed by atoms with Crippen LogP contribution in [-0.2, 0) is 4.79 Å². The molecule has 0 fully saturated rings. The molecule has 28 heavy (non-hydrogen) atoms. The van der Waals surface area contributed by atoms with Crippen LogP contribution in [0.15, 0.2) is 59.9 Å². The number of rotatable bonds is 6. The van der Waals surface area contributed by atoms with Gasteiger partial charge in [-0.05, 0) is 50.2 Å². The lowest BCUT2D eigenvalue weighted by atomic mass is 10.2. The van der Waals surface area contributed by atoms with Crippen molar-refractivity contribution in [2.24, 2.45) is 0 Å². The molecule has 0 radical (unpaired) electrons. The first-order valence-corrected chi connectivity index (χ1v) is 9.96. The van der Waals surface area contributed by atoms with Crippen LogP contribution in [0.25, 0.3) is 21.9 Å². The lowest BCUT2D eigenvalue weighted by molar-refractivity contribution is -0.115. The molecule has 0 saturated heterocycles. The number of H-pyrrole nitrogens is 1. The van der Waals surface area contributed by atoms with Crippen molar-refractivity contribution in [2.75, 3.05) is 11.9 Å². The predicted molar refractivity (Wildman–Crippen MR) is 113 cm³/mol. The maximum atomic E-state index is 12.7. The minimum Gasteiger partial charge on any atom is -0.494 e. The molecule has 0 spiro atoms. The maximum Gasteiger partial charge on any atom is 0.237 e. The number of ether oxygens (including phenoxy) is 1. The van der Waals surface area contributed by atoms with Gasteiger partial charge in [-0.2, -0.15) is 0 Å². The molecule has 0 aliphatic rings. The molecule has 142 valence electrons. The van der Waals surface area contributed by atoms with Crippen LogP contribution in [0.4, 0.5) is 5.69 Å². The van der Waals surface area contributed by atoms with E-state index in [1.807, 2.05) is 62.4 Å². The fraction of sp³-hybridized carbons (Fsp3) is 0.190. The zero-order valence-corrected chi connectivity index (χ0v) is 16.4. The van der Waals surface area contributed by atoms with Gasteiger partial charge < -0.3 is 15.0 Å². The molecule has 2 aromatic heterocycles. The Kier molecular flexibility index (Phi) is 5.16. The number of fused-ring (bicyclic) bond motifs is 2. The monoisotopic (exact) mass is 392 g/mol. The van der Waals surface area contributed by atoms with E-state index in [2.05, 4.69) is 20.3 Å². The van der Waals surface area contributed by atoms with Crippen molar-refractivity contribution < 1.29 is 9.53 Å². The van der Waals surface area contributed by atoms with Crippen LogP contribution in [0.1, 0.15) is 13.8 Å². The Hall–Kier alpha value is -3.06. The van der Waals surface area contributed by atoms with Gasteiger partial charge in [0.25, 0.3) is 0 Å². The first-order chi connectivity index (χ1) is 13.6. The number of hydrogen-bond acceptors (Lipinski definition) is 5. The normalized spacial score (nSPS) is 12.2. The van der Waals surface area contributed by atoms with Crippen molar-refractivity contribution in [3.8, 4) is 5.75 Å². The van der Waals surface area contributed by atoms with Crippen molar-refractivity contribution in [3.05, 3.63) is 54.7 Å². The molecular weight excluding hydrogens is 372 g/mol. The second kappa shape index (κ2) is 7.90. The van der Waals surface area contributed by atoms with Crippen LogP contribution in [0.2, 0.25) is 0 Å². The van der Waals surface area contributed by atoms with Gasteiger partial charge in [0, 0.05) is 17.6 Å². The van der Waals surface area contributed by atoms with E-state index >= 15 is 0 Å². The highest BCUT2D eigenvalue weighted by atomic mass is 32.2. The number of benzene rings is 2. The number of anilines is 1. The zero-order valence-electron chi connectivity index (χ0n) is 15.6. The quantitative estimate of drug-likeness (QED) is 0.468. The van der Waals surface area contributed by atoms with Gasteiger partial charge in [-0.15, -0.1) is 0 Å². The summed E-state index contributed by atoms with van der Waals surface area (Å²) >= 11 is 1.39. The van der Waals surface area contributed by atoms with Crippen LogP contribution < -0.4 is 10.1 Å². The van der Waals surface area contributed by atoms with Gasteiger partial charge in [-0.3, -0.25) is 9.78 Å². The molecule has 0 saturated carbocycles. The van der Waals surface area contributed by atoms with E-state index in [1.54, 1.807) is 6.20 Å². The summed E-state index contributed by atoms with van der Waals surface area (Å²) in [7, 11) is 0. The SMILES string of the molecule is CCOc1ccc2nc(SC(C)C(=O)Nc3cccc4ncccc34)[nH]c2c1. The Balaban J connectivity index is 1.49. The first-order valence-electron chi connectivity index (χ1n) is 9.08. The lowest BCUT2D eigenvalue weighted by Crippen LogP contribution is -2.22. The zero-order chi connectivity index (χ0) is 19.5. The topological polar surface area (TPSA) is 79.9 Å². The molecule has 0 aliphatic carbocycles. The number of aromatic nitrogens is 3. The maximum absolute atomic E-state index is 12.7. The number of nitrogens with zero attached hydrogens (tertiary/aromatic N) is 2. The number of hydrogen-bond donors (Lipinski definition) is 2.